The van der Waals surface area contributed by atoms with E-state index < -0.39 is 0 Å². The molecule has 4 nitrogen and oxygen atoms in total. The Kier molecular flexibility index (Phi) is 4.45. The molecule has 0 aliphatic rings. The van der Waals surface area contributed by atoms with E-state index in [2.05, 4.69) is 26.1 Å². The summed E-state index contributed by atoms with van der Waals surface area (Å²) in [6.45, 7) is 8.02. The molecule has 2 aromatic heterocycles. The fourth-order valence-electron chi connectivity index (χ4n) is 1.59. The maximum Gasteiger partial charge on any atom is 0.129 e. The van der Waals surface area contributed by atoms with E-state index in [1.165, 1.54) is 0 Å². The second-order valence-corrected chi connectivity index (χ2v) is 5.54. The molecule has 0 radical (unpaired) electrons. The Morgan fingerprint density at radius 3 is 2.47 bits per heavy atom. The van der Waals surface area contributed by atoms with Crippen LogP contribution in [0.3, 0.4) is 0 Å². The van der Waals surface area contributed by atoms with Gasteiger partial charge in [0, 0.05) is 5.54 Å². The molecule has 0 saturated heterocycles. The lowest BCUT2D eigenvalue weighted by Crippen LogP contribution is -2.34. The quantitative estimate of drug-likeness (QED) is 0.866. The fraction of sp³-hybridized carbons (Fsp3) is 0.467. The van der Waals surface area contributed by atoms with Crippen molar-refractivity contribution in [1.29, 1.82) is 0 Å². The van der Waals surface area contributed by atoms with Crippen LogP contribution in [0, 0.1) is 0 Å². The molecular formula is C15H21NO3. The third-order valence-corrected chi connectivity index (χ3v) is 2.58. The predicted molar refractivity (Wildman–Crippen MR) is 72.5 cm³/mol. The molecule has 0 amide bonds. The molecule has 104 valence electrons. The molecule has 0 bridgehead atoms. The van der Waals surface area contributed by atoms with E-state index in [0.717, 1.165) is 23.8 Å². The molecular weight excluding hydrogens is 242 g/mol. The molecule has 0 spiro atoms. The minimum atomic E-state index is 0.0861. The van der Waals surface area contributed by atoms with Crippen molar-refractivity contribution in [3.63, 3.8) is 0 Å². The van der Waals surface area contributed by atoms with Gasteiger partial charge < -0.3 is 18.9 Å². The molecule has 0 atom stereocenters. The second kappa shape index (κ2) is 6.08. The molecule has 0 aliphatic heterocycles. The highest BCUT2D eigenvalue weighted by Crippen LogP contribution is 2.12. The van der Waals surface area contributed by atoms with Gasteiger partial charge in [-0.25, -0.2) is 0 Å². The van der Waals surface area contributed by atoms with Crippen molar-refractivity contribution in [1.82, 2.24) is 5.32 Å². The van der Waals surface area contributed by atoms with Crippen LogP contribution in [0.4, 0.5) is 0 Å². The number of hydrogen-bond acceptors (Lipinski definition) is 4. The zero-order chi connectivity index (χ0) is 13.7. The van der Waals surface area contributed by atoms with Crippen molar-refractivity contribution in [3.8, 4) is 0 Å². The van der Waals surface area contributed by atoms with E-state index in [4.69, 9.17) is 13.6 Å². The Hall–Kier alpha value is -1.52. The lowest BCUT2D eigenvalue weighted by molar-refractivity contribution is 0.0794. The number of rotatable bonds is 6. The van der Waals surface area contributed by atoms with E-state index in [-0.39, 0.29) is 5.54 Å². The van der Waals surface area contributed by atoms with E-state index in [1.807, 2.05) is 24.3 Å². The third-order valence-electron chi connectivity index (χ3n) is 2.58. The van der Waals surface area contributed by atoms with Crippen molar-refractivity contribution in [3.05, 3.63) is 47.8 Å². The molecule has 0 fully saturated rings. The predicted octanol–water partition coefficient (Wildman–Crippen LogP) is 3.48. The Labute approximate surface area is 113 Å². The van der Waals surface area contributed by atoms with Crippen LogP contribution in [0.15, 0.2) is 39.4 Å². The summed E-state index contributed by atoms with van der Waals surface area (Å²) in [5.74, 6) is 2.57. The normalized spacial score (nSPS) is 11.9. The summed E-state index contributed by atoms with van der Waals surface area (Å²) in [4.78, 5) is 0. The fourth-order valence-corrected chi connectivity index (χ4v) is 1.59. The Morgan fingerprint density at radius 2 is 1.79 bits per heavy atom. The van der Waals surface area contributed by atoms with E-state index in [9.17, 15) is 0 Å². The highest BCUT2D eigenvalue weighted by atomic mass is 16.5. The number of hydrogen-bond donors (Lipinski definition) is 1. The minimum absolute atomic E-state index is 0.0861. The zero-order valence-corrected chi connectivity index (χ0v) is 11.7. The first-order valence-electron chi connectivity index (χ1n) is 6.46. The smallest absolute Gasteiger partial charge is 0.129 e. The molecule has 0 saturated carbocycles. The van der Waals surface area contributed by atoms with Crippen LogP contribution < -0.4 is 5.32 Å². The largest absolute Gasteiger partial charge is 0.467 e. The molecule has 19 heavy (non-hydrogen) atoms. The van der Waals surface area contributed by atoms with Gasteiger partial charge in [-0.15, -0.1) is 0 Å². The lowest BCUT2D eigenvalue weighted by atomic mass is 10.1. The van der Waals surface area contributed by atoms with Gasteiger partial charge in [-0.1, -0.05) is 0 Å². The Morgan fingerprint density at radius 1 is 1.05 bits per heavy atom. The summed E-state index contributed by atoms with van der Waals surface area (Å²) in [7, 11) is 0. The number of furan rings is 2. The van der Waals surface area contributed by atoms with Crippen molar-refractivity contribution >= 4 is 0 Å². The van der Waals surface area contributed by atoms with Gasteiger partial charge in [0.2, 0.25) is 0 Å². The first kappa shape index (κ1) is 13.9. The summed E-state index contributed by atoms with van der Waals surface area (Å²) < 4.78 is 16.4. The van der Waals surface area contributed by atoms with Crippen LogP contribution >= 0.6 is 0 Å². The maximum atomic E-state index is 5.68. The van der Waals surface area contributed by atoms with E-state index in [1.54, 1.807) is 6.26 Å². The summed E-state index contributed by atoms with van der Waals surface area (Å²) in [5.41, 5.74) is 0.0861. The van der Waals surface area contributed by atoms with Crippen molar-refractivity contribution in [2.45, 2.75) is 46.1 Å². The van der Waals surface area contributed by atoms with E-state index >= 15 is 0 Å². The highest BCUT2D eigenvalue weighted by molar-refractivity contribution is 5.06. The molecule has 0 unspecified atom stereocenters. The van der Waals surface area contributed by atoms with Gasteiger partial charge in [0.15, 0.2) is 0 Å². The van der Waals surface area contributed by atoms with Crippen LogP contribution in [-0.2, 0) is 24.5 Å². The van der Waals surface area contributed by atoms with Crippen molar-refractivity contribution in [2.75, 3.05) is 0 Å². The average Bonchev–Trinajstić information content (AvgIpc) is 2.97. The maximum absolute atomic E-state index is 5.68. The van der Waals surface area contributed by atoms with Crippen LogP contribution in [0.2, 0.25) is 0 Å². The molecule has 1 N–H and O–H groups in total. The van der Waals surface area contributed by atoms with Crippen molar-refractivity contribution < 1.29 is 13.6 Å². The average molecular weight is 263 g/mol. The SMILES string of the molecule is CC(C)(C)NCc1ccc(COCc2ccco2)o1. The van der Waals surface area contributed by atoms with Gasteiger partial charge in [-0.2, -0.15) is 0 Å². The minimum Gasteiger partial charge on any atom is -0.467 e. The van der Waals surface area contributed by atoms with Crippen molar-refractivity contribution in [2.24, 2.45) is 0 Å². The molecule has 2 heterocycles. The van der Waals surface area contributed by atoms with Crippen LogP contribution in [-0.4, -0.2) is 5.54 Å². The van der Waals surface area contributed by atoms with Crippen LogP contribution in [0.25, 0.3) is 0 Å². The standard InChI is InChI=1S/C15H21NO3/c1-15(2,3)16-9-12-6-7-14(19-12)11-17-10-13-5-4-8-18-13/h4-8,16H,9-11H2,1-3H3. The monoisotopic (exact) mass is 263 g/mol. The van der Waals surface area contributed by atoms with Gasteiger partial charge in [0.1, 0.15) is 30.5 Å². The molecule has 2 aromatic rings. The Balaban J connectivity index is 1.74. The topological polar surface area (TPSA) is 47.5 Å². The van der Waals surface area contributed by atoms with Gasteiger partial charge in [0.05, 0.1) is 12.8 Å². The molecule has 2 rings (SSSR count). The first-order valence-corrected chi connectivity index (χ1v) is 6.46. The van der Waals surface area contributed by atoms with Gasteiger partial charge >= 0.3 is 0 Å². The summed E-state index contributed by atoms with van der Waals surface area (Å²) in [6, 6.07) is 7.66. The molecule has 4 heteroatoms. The Bertz CT molecular complexity index is 480. The molecule has 0 aliphatic carbocycles. The molecule has 0 aromatic carbocycles. The first-order chi connectivity index (χ1) is 9.03. The van der Waals surface area contributed by atoms with Gasteiger partial charge in [-0.3, -0.25) is 0 Å². The zero-order valence-electron chi connectivity index (χ0n) is 11.7. The number of ether oxygens (including phenoxy) is 1. The van der Waals surface area contributed by atoms with Gasteiger partial charge in [-0.05, 0) is 45.0 Å². The number of nitrogens with one attached hydrogen (secondary N) is 1. The van der Waals surface area contributed by atoms with Gasteiger partial charge in [0.25, 0.3) is 0 Å². The third kappa shape index (κ3) is 4.93. The van der Waals surface area contributed by atoms with Crippen LogP contribution in [0.5, 0.6) is 0 Å². The lowest BCUT2D eigenvalue weighted by Gasteiger charge is -2.19. The second-order valence-electron chi connectivity index (χ2n) is 5.54. The summed E-state index contributed by atoms with van der Waals surface area (Å²) in [6.07, 6.45) is 1.64. The van der Waals surface area contributed by atoms with E-state index in [0.29, 0.717) is 13.2 Å². The summed E-state index contributed by atoms with van der Waals surface area (Å²) in [5, 5.41) is 3.38. The highest BCUT2D eigenvalue weighted by Gasteiger charge is 2.10. The summed E-state index contributed by atoms with van der Waals surface area (Å²) >= 11 is 0. The van der Waals surface area contributed by atoms with Crippen LogP contribution in [0.1, 0.15) is 38.1 Å².